The Kier molecular flexibility index (Phi) is 11.7. The van der Waals surface area contributed by atoms with E-state index in [1.54, 1.807) is 24.3 Å². The number of thioether (sulfide) groups is 2. The molecule has 0 saturated heterocycles. The van der Waals surface area contributed by atoms with Crippen LogP contribution in [-0.2, 0) is 28.8 Å². The van der Waals surface area contributed by atoms with Gasteiger partial charge in [0.25, 0.3) is 0 Å². The molecule has 12 heteroatoms. The quantitative estimate of drug-likeness (QED) is 0.0908. The zero-order chi connectivity index (χ0) is 38.6. The van der Waals surface area contributed by atoms with Crippen molar-refractivity contribution < 1.29 is 48.1 Å². The van der Waals surface area contributed by atoms with Crippen molar-refractivity contribution in [2.24, 2.45) is 23.7 Å². The lowest BCUT2D eigenvalue weighted by atomic mass is 9.82. The Bertz CT molecular complexity index is 2150. The fourth-order valence-corrected chi connectivity index (χ4v) is 10.1. The van der Waals surface area contributed by atoms with Crippen LogP contribution in [0.25, 0.3) is 10.8 Å². The molecule has 10 nitrogen and oxygen atoms in total. The van der Waals surface area contributed by atoms with E-state index in [-0.39, 0.29) is 41.0 Å². The van der Waals surface area contributed by atoms with Crippen molar-refractivity contribution in [3.8, 4) is 23.0 Å². The molecule has 0 spiro atoms. The Hall–Kier alpha value is -4.94. The Labute approximate surface area is 326 Å². The second-order valence-corrected chi connectivity index (χ2v) is 16.7. The lowest BCUT2D eigenvalue weighted by Crippen LogP contribution is -2.30. The molecule has 2 fully saturated rings. The van der Waals surface area contributed by atoms with Crippen molar-refractivity contribution >= 4 is 70.1 Å². The largest absolute Gasteiger partial charge is 0.508 e. The van der Waals surface area contributed by atoms with Gasteiger partial charge in [0.2, 0.25) is 0 Å². The number of phenolic OH excluding ortho intramolecular Hbond substituents is 1. The number of ether oxygens (including phenoxy) is 3. The van der Waals surface area contributed by atoms with Crippen LogP contribution in [0.3, 0.4) is 0 Å². The van der Waals surface area contributed by atoms with E-state index in [2.05, 4.69) is 0 Å². The van der Waals surface area contributed by atoms with Gasteiger partial charge in [-0.25, -0.2) is 0 Å². The standard InChI is InChI=1S/C43H40O10S2/c1-24(45)31-6-2-3-7-32(31)35(47)22-36-54-39-37(52-42(49)26-12-10-25(23-44)11-13-26)33-8-4-5-9-34(33)38(40(39)55-36)53-43(50)28-16-14-27(15-17-28)41(48)51-30-20-18-29(46)19-21-30/h4-9,18-23,25-28,46H,2-3,10-17H2,1H3/b36-22-. The summed E-state index contributed by atoms with van der Waals surface area (Å²) in [7, 11) is 0. The number of rotatable bonds is 10. The number of Topliss-reactive ketones (excluding diaryl/α,β-unsaturated/α-hetero) is 1. The molecule has 1 N–H and O–H groups in total. The van der Waals surface area contributed by atoms with Crippen molar-refractivity contribution in [2.75, 3.05) is 0 Å². The molecule has 2 saturated carbocycles. The second kappa shape index (κ2) is 16.8. The predicted octanol–water partition coefficient (Wildman–Crippen LogP) is 8.62. The summed E-state index contributed by atoms with van der Waals surface area (Å²) in [5.41, 5.74) is 0.738. The molecule has 1 heterocycles. The van der Waals surface area contributed by atoms with E-state index < -0.39 is 17.9 Å². The van der Waals surface area contributed by atoms with E-state index >= 15 is 0 Å². The Balaban J connectivity index is 1.16. The first-order valence-corrected chi connectivity index (χ1v) is 20.2. The fraction of sp³-hybridized carbons (Fsp3) is 0.349. The van der Waals surface area contributed by atoms with Crippen molar-refractivity contribution in [3.63, 3.8) is 0 Å². The van der Waals surface area contributed by atoms with Crippen molar-refractivity contribution in [1.82, 2.24) is 0 Å². The molecule has 0 bridgehead atoms. The lowest BCUT2D eigenvalue weighted by molar-refractivity contribution is -0.145. The number of phenols is 1. The second-order valence-electron chi connectivity index (χ2n) is 14.3. The van der Waals surface area contributed by atoms with Crippen LogP contribution in [0.15, 0.2) is 91.9 Å². The molecule has 1 aliphatic heterocycles. The van der Waals surface area contributed by atoms with Crippen LogP contribution in [0.1, 0.15) is 71.1 Å². The highest BCUT2D eigenvalue weighted by Crippen LogP contribution is 2.61. The fourth-order valence-electron chi connectivity index (χ4n) is 7.56. The SMILES string of the molecule is CC(=O)C1=CCCC=C1C(=O)/C=C1/Sc2c(c(OC(=O)C3CCC(C(=O)Oc4ccc(O)cc4)CC3)c3ccccc3c2OC(=O)C2CCC(C=O)CC2)S1. The molecular weight excluding hydrogens is 741 g/mol. The minimum absolute atomic E-state index is 0.0627. The molecule has 284 valence electrons. The van der Waals surface area contributed by atoms with Gasteiger partial charge >= 0.3 is 17.9 Å². The number of fused-ring (bicyclic) bond motifs is 2. The molecule has 0 aromatic heterocycles. The molecule has 0 atom stereocenters. The predicted molar refractivity (Wildman–Crippen MR) is 207 cm³/mol. The van der Waals surface area contributed by atoms with Crippen molar-refractivity contribution in [3.05, 3.63) is 82.1 Å². The van der Waals surface area contributed by atoms with E-state index in [1.165, 1.54) is 60.8 Å². The molecule has 0 radical (unpaired) electrons. The Morgan fingerprint density at radius 3 is 1.62 bits per heavy atom. The number of allylic oxidation sites excluding steroid dienone is 5. The van der Waals surface area contributed by atoms with E-state index in [0.717, 1.165) is 6.29 Å². The first-order chi connectivity index (χ1) is 26.6. The molecule has 0 unspecified atom stereocenters. The van der Waals surface area contributed by atoms with Gasteiger partial charge in [0, 0.05) is 33.9 Å². The Morgan fingerprint density at radius 2 is 1.13 bits per heavy atom. The van der Waals surface area contributed by atoms with E-state index in [1.807, 2.05) is 12.1 Å². The van der Waals surface area contributed by atoms with Gasteiger partial charge in [0.15, 0.2) is 23.1 Å². The number of carbonyl (C=O) groups excluding carboxylic acids is 6. The van der Waals surface area contributed by atoms with Gasteiger partial charge in [0.05, 0.1) is 31.8 Å². The average molecular weight is 781 g/mol. The summed E-state index contributed by atoms with van der Waals surface area (Å²) < 4.78 is 18.6. The maximum absolute atomic E-state index is 13.9. The van der Waals surface area contributed by atoms with Crippen LogP contribution in [-0.4, -0.2) is 40.9 Å². The number of hydrogen-bond acceptors (Lipinski definition) is 12. The molecular formula is C43H40O10S2. The molecule has 7 rings (SSSR count). The summed E-state index contributed by atoms with van der Waals surface area (Å²) >= 11 is 2.49. The minimum Gasteiger partial charge on any atom is -0.508 e. The number of aldehydes is 1. The number of carbonyl (C=O) groups is 6. The molecule has 3 aliphatic carbocycles. The van der Waals surface area contributed by atoms with Gasteiger partial charge in [0.1, 0.15) is 17.8 Å². The van der Waals surface area contributed by atoms with E-state index in [0.29, 0.717) is 117 Å². The van der Waals surface area contributed by atoms with Crippen molar-refractivity contribution in [2.45, 2.75) is 80.9 Å². The highest BCUT2D eigenvalue weighted by Gasteiger charge is 2.37. The van der Waals surface area contributed by atoms with Gasteiger partial charge in [-0.1, -0.05) is 59.9 Å². The average Bonchev–Trinajstić information content (AvgIpc) is 3.63. The van der Waals surface area contributed by atoms with Gasteiger partial charge in [-0.2, -0.15) is 0 Å². The number of esters is 3. The highest BCUT2D eigenvalue weighted by atomic mass is 32.2. The zero-order valence-electron chi connectivity index (χ0n) is 30.2. The summed E-state index contributed by atoms with van der Waals surface area (Å²) in [5, 5.41) is 10.7. The summed E-state index contributed by atoms with van der Waals surface area (Å²) in [6.45, 7) is 1.44. The Morgan fingerprint density at radius 1 is 0.655 bits per heavy atom. The van der Waals surface area contributed by atoms with Crippen LogP contribution in [0.5, 0.6) is 23.0 Å². The minimum atomic E-state index is -0.475. The third-order valence-electron chi connectivity index (χ3n) is 10.6. The number of ketones is 2. The van der Waals surface area contributed by atoms with E-state index in [4.69, 9.17) is 14.2 Å². The van der Waals surface area contributed by atoms with Crippen LogP contribution in [0.2, 0.25) is 0 Å². The summed E-state index contributed by atoms with van der Waals surface area (Å²) in [5.74, 6) is -2.03. The number of benzene rings is 3. The first-order valence-electron chi connectivity index (χ1n) is 18.6. The molecule has 55 heavy (non-hydrogen) atoms. The van der Waals surface area contributed by atoms with Gasteiger partial charge in [-0.05, 0) is 95.4 Å². The van der Waals surface area contributed by atoms with Crippen LogP contribution in [0, 0.1) is 23.7 Å². The zero-order valence-corrected chi connectivity index (χ0v) is 31.9. The molecule has 4 aliphatic rings. The normalized spacial score (nSPS) is 22.9. The maximum Gasteiger partial charge on any atom is 0.314 e. The van der Waals surface area contributed by atoms with Crippen molar-refractivity contribution in [1.29, 1.82) is 0 Å². The summed E-state index contributed by atoms with van der Waals surface area (Å²) in [6, 6.07) is 13.1. The number of aromatic hydroxyl groups is 1. The molecule has 0 amide bonds. The van der Waals surface area contributed by atoms with Gasteiger partial charge in [-0.3, -0.25) is 24.0 Å². The summed E-state index contributed by atoms with van der Waals surface area (Å²) in [6.07, 6.45) is 11.3. The topological polar surface area (TPSA) is 150 Å². The monoisotopic (exact) mass is 780 g/mol. The third-order valence-corrected chi connectivity index (χ3v) is 13.1. The summed E-state index contributed by atoms with van der Waals surface area (Å²) in [4.78, 5) is 78.9. The van der Waals surface area contributed by atoms with Gasteiger partial charge < -0.3 is 24.1 Å². The van der Waals surface area contributed by atoms with E-state index in [9.17, 15) is 33.9 Å². The molecule has 3 aromatic carbocycles. The highest BCUT2D eigenvalue weighted by molar-refractivity contribution is 8.24. The third kappa shape index (κ3) is 8.50. The first kappa shape index (κ1) is 38.3. The van der Waals surface area contributed by atoms with Crippen LogP contribution < -0.4 is 14.2 Å². The molecule has 3 aromatic rings. The maximum atomic E-state index is 13.9. The van der Waals surface area contributed by atoms with Crippen LogP contribution in [0.4, 0.5) is 0 Å². The van der Waals surface area contributed by atoms with Crippen LogP contribution >= 0.6 is 23.5 Å². The smallest absolute Gasteiger partial charge is 0.314 e. The van der Waals surface area contributed by atoms with Gasteiger partial charge in [-0.15, -0.1) is 0 Å². The lowest BCUT2D eigenvalue weighted by Gasteiger charge is -2.26. The number of hydrogen-bond donors (Lipinski definition) is 1.